The van der Waals surface area contributed by atoms with Crippen molar-refractivity contribution in [3.05, 3.63) is 75.8 Å². The number of anilines is 1. The molecule has 3 amide bonds. The predicted octanol–water partition coefficient (Wildman–Crippen LogP) is 6.75. The van der Waals surface area contributed by atoms with Crippen LogP contribution in [0.5, 0.6) is 0 Å². The van der Waals surface area contributed by atoms with Gasteiger partial charge in [-0.05, 0) is 55.8 Å². The normalized spacial score (nSPS) is 16.0. The van der Waals surface area contributed by atoms with Crippen molar-refractivity contribution < 1.29 is 14.4 Å². The van der Waals surface area contributed by atoms with Crippen LogP contribution in [0.4, 0.5) is 5.69 Å². The van der Waals surface area contributed by atoms with E-state index in [2.05, 4.69) is 5.32 Å². The predicted molar refractivity (Wildman–Crippen MR) is 156 cm³/mol. The molecule has 1 saturated carbocycles. The van der Waals surface area contributed by atoms with Gasteiger partial charge in [-0.15, -0.1) is 0 Å². The maximum Gasteiger partial charge on any atom is 0.258 e. The number of amides is 3. The molecule has 0 aromatic heterocycles. The van der Waals surface area contributed by atoms with Gasteiger partial charge in [0.15, 0.2) is 0 Å². The summed E-state index contributed by atoms with van der Waals surface area (Å²) in [5, 5.41) is 6.03. The standard InChI is InChI=1S/C31H33Cl2N3O3/c1-20(30(38)34-22-11-3-2-4-12-22)36(19-24-25(32)14-7-15-26(24)33)28(37)17-8-18-35-27-16-6-10-21-9-5-13-23(29(21)27)31(35)39/h5-7,9-10,13-16,20,22H,2-4,8,11-12,17-19H2,1H3,(H,34,38). The van der Waals surface area contributed by atoms with Gasteiger partial charge < -0.3 is 15.1 Å². The molecule has 0 radical (unpaired) electrons. The average molecular weight is 567 g/mol. The van der Waals surface area contributed by atoms with Crippen LogP contribution in [0.25, 0.3) is 10.8 Å². The molecule has 5 rings (SSSR count). The summed E-state index contributed by atoms with van der Waals surface area (Å²) >= 11 is 12.9. The Bertz CT molecular complexity index is 1380. The zero-order valence-corrected chi connectivity index (χ0v) is 23.6. The first kappa shape index (κ1) is 27.5. The summed E-state index contributed by atoms with van der Waals surface area (Å²) in [6, 6.07) is 16.3. The van der Waals surface area contributed by atoms with Gasteiger partial charge in [-0.25, -0.2) is 0 Å². The molecule has 1 heterocycles. The third-order valence-corrected chi connectivity index (χ3v) is 8.64. The van der Waals surface area contributed by atoms with Gasteiger partial charge in [0.25, 0.3) is 5.91 Å². The molecule has 1 N–H and O–H groups in total. The second kappa shape index (κ2) is 12.0. The first-order chi connectivity index (χ1) is 18.8. The van der Waals surface area contributed by atoms with Crippen molar-refractivity contribution in [2.45, 2.75) is 70.5 Å². The average Bonchev–Trinajstić information content (AvgIpc) is 3.21. The van der Waals surface area contributed by atoms with E-state index in [0.717, 1.165) is 42.1 Å². The Morgan fingerprint density at radius 2 is 1.67 bits per heavy atom. The van der Waals surface area contributed by atoms with Crippen LogP contribution in [0.3, 0.4) is 0 Å². The van der Waals surface area contributed by atoms with Gasteiger partial charge in [0.1, 0.15) is 6.04 Å². The molecule has 0 saturated heterocycles. The van der Waals surface area contributed by atoms with Gasteiger partial charge in [0, 0.05) is 52.1 Å². The van der Waals surface area contributed by atoms with Gasteiger partial charge in [-0.2, -0.15) is 0 Å². The fourth-order valence-electron chi connectivity index (χ4n) is 5.74. The van der Waals surface area contributed by atoms with Gasteiger partial charge in [-0.1, -0.05) is 72.8 Å². The first-order valence-electron chi connectivity index (χ1n) is 13.7. The van der Waals surface area contributed by atoms with Crippen LogP contribution in [0.2, 0.25) is 10.0 Å². The van der Waals surface area contributed by atoms with Crippen LogP contribution in [0.15, 0.2) is 54.6 Å². The molecule has 1 aliphatic heterocycles. The summed E-state index contributed by atoms with van der Waals surface area (Å²) in [5.41, 5.74) is 2.18. The van der Waals surface area contributed by atoms with Crippen LogP contribution in [-0.2, 0) is 16.1 Å². The SMILES string of the molecule is CC(C(=O)NC1CCCCC1)N(Cc1c(Cl)cccc1Cl)C(=O)CCCN1C(=O)c2cccc3cccc1c23. The van der Waals surface area contributed by atoms with E-state index in [-0.39, 0.29) is 36.7 Å². The number of halogens is 2. The number of nitrogens with zero attached hydrogens (tertiary/aromatic N) is 2. The summed E-state index contributed by atoms with van der Waals surface area (Å²) in [6.45, 7) is 2.29. The first-order valence-corrected chi connectivity index (χ1v) is 14.5. The van der Waals surface area contributed by atoms with Crippen molar-refractivity contribution in [3.63, 3.8) is 0 Å². The molecule has 1 unspecified atom stereocenters. The highest BCUT2D eigenvalue weighted by atomic mass is 35.5. The van der Waals surface area contributed by atoms with Crippen LogP contribution in [0, 0.1) is 0 Å². The highest BCUT2D eigenvalue weighted by Gasteiger charge is 2.31. The maximum absolute atomic E-state index is 13.6. The lowest BCUT2D eigenvalue weighted by Crippen LogP contribution is -2.50. The lowest BCUT2D eigenvalue weighted by Gasteiger charge is -2.32. The van der Waals surface area contributed by atoms with Crippen molar-refractivity contribution in [2.75, 3.05) is 11.4 Å². The fraction of sp³-hybridized carbons (Fsp3) is 0.387. The minimum atomic E-state index is -0.696. The van der Waals surface area contributed by atoms with Crippen LogP contribution in [-0.4, -0.2) is 41.2 Å². The minimum Gasteiger partial charge on any atom is -0.352 e. The summed E-state index contributed by atoms with van der Waals surface area (Å²) in [4.78, 5) is 43.3. The van der Waals surface area contributed by atoms with Gasteiger partial charge in [0.2, 0.25) is 11.8 Å². The molecule has 39 heavy (non-hydrogen) atoms. The largest absolute Gasteiger partial charge is 0.352 e. The number of carbonyl (C=O) groups is 3. The van der Waals surface area contributed by atoms with E-state index in [1.54, 1.807) is 34.9 Å². The van der Waals surface area contributed by atoms with Crippen molar-refractivity contribution in [2.24, 2.45) is 0 Å². The number of hydrogen-bond donors (Lipinski definition) is 1. The summed E-state index contributed by atoms with van der Waals surface area (Å²) in [5.74, 6) is -0.399. The molecule has 1 atom stereocenters. The molecule has 8 heteroatoms. The van der Waals surface area contributed by atoms with E-state index in [0.29, 0.717) is 34.1 Å². The Labute approximate surface area is 239 Å². The zero-order chi connectivity index (χ0) is 27.5. The second-order valence-corrected chi connectivity index (χ2v) is 11.3. The number of carbonyl (C=O) groups excluding carboxylic acids is 3. The van der Waals surface area contributed by atoms with Crippen molar-refractivity contribution in [3.8, 4) is 0 Å². The van der Waals surface area contributed by atoms with Crippen LogP contribution < -0.4 is 10.2 Å². The quantitative estimate of drug-likeness (QED) is 0.312. The molecular formula is C31H33Cl2N3O3. The summed E-state index contributed by atoms with van der Waals surface area (Å²) in [6.07, 6.45) is 5.95. The van der Waals surface area contributed by atoms with Gasteiger partial charge in [-0.3, -0.25) is 14.4 Å². The molecule has 2 aliphatic rings. The lowest BCUT2D eigenvalue weighted by atomic mass is 9.95. The Kier molecular flexibility index (Phi) is 8.43. The third kappa shape index (κ3) is 5.78. The van der Waals surface area contributed by atoms with Crippen molar-refractivity contribution in [1.29, 1.82) is 0 Å². The van der Waals surface area contributed by atoms with Gasteiger partial charge >= 0.3 is 0 Å². The van der Waals surface area contributed by atoms with E-state index in [4.69, 9.17) is 23.2 Å². The van der Waals surface area contributed by atoms with E-state index in [9.17, 15) is 14.4 Å². The zero-order valence-electron chi connectivity index (χ0n) is 22.1. The Hall–Kier alpha value is -3.09. The Morgan fingerprint density at radius 1 is 1.00 bits per heavy atom. The highest BCUT2D eigenvalue weighted by Crippen LogP contribution is 2.37. The molecule has 0 spiro atoms. The molecule has 3 aromatic rings. The van der Waals surface area contributed by atoms with Crippen LogP contribution >= 0.6 is 23.2 Å². The highest BCUT2D eigenvalue weighted by molar-refractivity contribution is 6.36. The fourth-order valence-corrected chi connectivity index (χ4v) is 6.26. The van der Waals surface area contributed by atoms with Crippen molar-refractivity contribution >= 4 is 57.4 Å². The minimum absolute atomic E-state index is 0.0471. The van der Waals surface area contributed by atoms with E-state index in [1.807, 2.05) is 36.4 Å². The molecule has 6 nitrogen and oxygen atoms in total. The summed E-state index contributed by atoms with van der Waals surface area (Å²) < 4.78 is 0. The number of rotatable bonds is 9. The number of hydrogen-bond acceptors (Lipinski definition) is 3. The molecule has 1 aliphatic carbocycles. The monoisotopic (exact) mass is 565 g/mol. The molecule has 1 fully saturated rings. The number of benzene rings is 3. The lowest BCUT2D eigenvalue weighted by molar-refractivity contribution is -0.141. The molecule has 3 aromatic carbocycles. The molecule has 0 bridgehead atoms. The second-order valence-electron chi connectivity index (χ2n) is 10.5. The van der Waals surface area contributed by atoms with E-state index in [1.165, 1.54) is 6.42 Å². The van der Waals surface area contributed by atoms with Gasteiger partial charge in [0.05, 0.1) is 5.69 Å². The topological polar surface area (TPSA) is 69.7 Å². The van der Waals surface area contributed by atoms with E-state index >= 15 is 0 Å². The maximum atomic E-state index is 13.6. The van der Waals surface area contributed by atoms with Crippen LogP contribution in [0.1, 0.15) is 67.8 Å². The number of nitrogens with one attached hydrogen (secondary N) is 1. The Balaban J connectivity index is 1.29. The smallest absolute Gasteiger partial charge is 0.258 e. The van der Waals surface area contributed by atoms with E-state index < -0.39 is 6.04 Å². The van der Waals surface area contributed by atoms with Crippen molar-refractivity contribution in [1.82, 2.24) is 10.2 Å². The molecule has 204 valence electrons. The molecular weight excluding hydrogens is 533 g/mol. The Morgan fingerprint density at radius 3 is 2.38 bits per heavy atom. The third-order valence-electron chi connectivity index (χ3n) is 7.93. The summed E-state index contributed by atoms with van der Waals surface area (Å²) in [7, 11) is 0.